The fourth-order valence-electron chi connectivity index (χ4n) is 1.37. The normalized spacial score (nSPS) is 13.8. The van der Waals surface area contributed by atoms with Gasteiger partial charge in [-0.05, 0) is 46.1 Å². The van der Waals surface area contributed by atoms with Gasteiger partial charge in [0.1, 0.15) is 0 Å². The molecule has 2 N–H and O–H groups in total. The van der Waals surface area contributed by atoms with Gasteiger partial charge in [0.15, 0.2) is 9.84 Å². The van der Waals surface area contributed by atoms with Gasteiger partial charge in [-0.3, -0.25) is 0 Å². The Morgan fingerprint density at radius 1 is 1.44 bits per heavy atom. The minimum absolute atomic E-state index is 0.109. The molecule has 0 radical (unpaired) electrons. The molecule has 0 spiro atoms. The predicted molar refractivity (Wildman–Crippen MR) is 69.3 cm³/mol. The summed E-state index contributed by atoms with van der Waals surface area (Å²) in [4.78, 5) is 0.350. The summed E-state index contributed by atoms with van der Waals surface area (Å²) >= 11 is 3.30. The molecule has 90 valence electrons. The smallest absolute Gasteiger partial charge is 0.179 e. The molecule has 0 heterocycles. The zero-order valence-corrected chi connectivity index (χ0v) is 11.8. The van der Waals surface area contributed by atoms with Crippen molar-refractivity contribution in [2.75, 3.05) is 12.3 Å². The number of benzene rings is 1. The first kappa shape index (κ1) is 13.7. The number of sulfone groups is 1. The Kier molecular flexibility index (Phi) is 4.52. The van der Waals surface area contributed by atoms with Crippen LogP contribution in [-0.4, -0.2) is 20.7 Å². The van der Waals surface area contributed by atoms with E-state index in [-0.39, 0.29) is 11.7 Å². The van der Waals surface area contributed by atoms with Crippen molar-refractivity contribution < 1.29 is 8.42 Å². The average molecular weight is 306 g/mol. The van der Waals surface area contributed by atoms with E-state index in [9.17, 15) is 8.42 Å². The van der Waals surface area contributed by atoms with Crippen molar-refractivity contribution in [2.24, 2.45) is 5.73 Å². The molecule has 0 aromatic heterocycles. The monoisotopic (exact) mass is 305 g/mol. The zero-order chi connectivity index (χ0) is 12.3. The third-order valence-electron chi connectivity index (χ3n) is 2.59. The van der Waals surface area contributed by atoms with Crippen molar-refractivity contribution in [1.82, 2.24) is 0 Å². The zero-order valence-electron chi connectivity index (χ0n) is 9.40. The Bertz CT molecular complexity index is 471. The van der Waals surface area contributed by atoms with Gasteiger partial charge in [-0.15, -0.1) is 0 Å². The Morgan fingerprint density at radius 2 is 2.06 bits per heavy atom. The van der Waals surface area contributed by atoms with Crippen LogP contribution in [0.4, 0.5) is 0 Å². The second kappa shape index (κ2) is 5.29. The van der Waals surface area contributed by atoms with Crippen molar-refractivity contribution in [3.63, 3.8) is 0 Å². The number of rotatable bonds is 4. The lowest BCUT2D eigenvalue weighted by Gasteiger charge is -2.11. The summed E-state index contributed by atoms with van der Waals surface area (Å²) < 4.78 is 24.1. The van der Waals surface area contributed by atoms with Crippen LogP contribution in [0.25, 0.3) is 0 Å². The standard InChI is InChI=1S/C11H16BrNO2S/c1-3-16(14,15)11-5-4-9(6-10(11)12)8(2)7-13/h4-6,8H,3,7,13H2,1-2H3. The molecule has 0 saturated carbocycles. The van der Waals surface area contributed by atoms with Crippen LogP contribution < -0.4 is 5.73 Å². The van der Waals surface area contributed by atoms with Crippen LogP contribution in [0, 0.1) is 0 Å². The predicted octanol–water partition coefficient (Wildman–Crippen LogP) is 2.30. The van der Waals surface area contributed by atoms with Gasteiger partial charge in [0.05, 0.1) is 10.6 Å². The number of nitrogens with two attached hydrogens (primary N) is 1. The SMILES string of the molecule is CCS(=O)(=O)c1ccc(C(C)CN)cc1Br. The molecule has 3 nitrogen and oxygen atoms in total. The highest BCUT2D eigenvalue weighted by Gasteiger charge is 2.16. The summed E-state index contributed by atoms with van der Waals surface area (Å²) in [6, 6.07) is 5.30. The first-order valence-corrected chi connectivity index (χ1v) is 7.59. The van der Waals surface area contributed by atoms with Gasteiger partial charge in [0.2, 0.25) is 0 Å². The average Bonchev–Trinajstić information content (AvgIpc) is 2.27. The molecule has 0 saturated heterocycles. The molecule has 0 aliphatic carbocycles. The van der Waals surface area contributed by atoms with Crippen LogP contribution in [-0.2, 0) is 9.84 Å². The molecule has 16 heavy (non-hydrogen) atoms. The molecule has 1 unspecified atom stereocenters. The highest BCUT2D eigenvalue weighted by atomic mass is 79.9. The lowest BCUT2D eigenvalue weighted by atomic mass is 10.0. The molecule has 0 fully saturated rings. The highest BCUT2D eigenvalue weighted by molar-refractivity contribution is 9.10. The summed E-state index contributed by atoms with van der Waals surface area (Å²) in [5.74, 6) is 0.340. The molecule has 1 aromatic rings. The van der Waals surface area contributed by atoms with E-state index >= 15 is 0 Å². The minimum Gasteiger partial charge on any atom is -0.330 e. The Hall–Kier alpha value is -0.390. The Morgan fingerprint density at radius 3 is 2.50 bits per heavy atom. The summed E-state index contributed by atoms with van der Waals surface area (Å²) in [5, 5.41) is 0. The van der Waals surface area contributed by atoms with Gasteiger partial charge < -0.3 is 5.73 Å². The van der Waals surface area contributed by atoms with Crippen molar-refractivity contribution in [3.8, 4) is 0 Å². The van der Waals surface area contributed by atoms with E-state index in [0.717, 1.165) is 5.56 Å². The van der Waals surface area contributed by atoms with E-state index in [1.165, 1.54) is 0 Å². The Labute approximate surface area is 105 Å². The molecular formula is C11H16BrNO2S. The molecule has 0 amide bonds. The van der Waals surface area contributed by atoms with Crippen LogP contribution in [0.2, 0.25) is 0 Å². The molecule has 5 heteroatoms. The molecular weight excluding hydrogens is 290 g/mol. The van der Waals surface area contributed by atoms with Gasteiger partial charge in [0.25, 0.3) is 0 Å². The van der Waals surface area contributed by atoms with E-state index in [1.807, 2.05) is 19.1 Å². The number of hydrogen-bond donors (Lipinski definition) is 1. The maximum atomic E-state index is 11.7. The van der Waals surface area contributed by atoms with Crippen molar-refractivity contribution >= 4 is 25.8 Å². The van der Waals surface area contributed by atoms with Crippen LogP contribution in [0.1, 0.15) is 25.3 Å². The highest BCUT2D eigenvalue weighted by Crippen LogP contribution is 2.27. The fraction of sp³-hybridized carbons (Fsp3) is 0.455. The van der Waals surface area contributed by atoms with E-state index in [2.05, 4.69) is 15.9 Å². The Balaban J connectivity index is 3.20. The van der Waals surface area contributed by atoms with Crippen molar-refractivity contribution in [1.29, 1.82) is 0 Å². The summed E-state index contributed by atoms with van der Waals surface area (Å²) in [5.41, 5.74) is 6.62. The van der Waals surface area contributed by atoms with Crippen LogP contribution in [0.3, 0.4) is 0 Å². The van der Waals surface area contributed by atoms with Gasteiger partial charge in [-0.2, -0.15) is 0 Å². The maximum Gasteiger partial charge on any atom is 0.179 e. The quantitative estimate of drug-likeness (QED) is 0.928. The summed E-state index contributed by atoms with van der Waals surface area (Å²) in [7, 11) is -3.16. The third kappa shape index (κ3) is 2.84. The number of halogens is 1. The second-order valence-electron chi connectivity index (χ2n) is 3.73. The third-order valence-corrected chi connectivity index (χ3v) is 5.30. The van der Waals surface area contributed by atoms with Gasteiger partial charge in [-0.1, -0.05) is 19.9 Å². The molecule has 0 bridgehead atoms. The second-order valence-corrected chi connectivity index (χ2v) is 6.83. The molecule has 1 atom stereocenters. The van der Waals surface area contributed by atoms with Gasteiger partial charge in [-0.25, -0.2) is 8.42 Å². The summed E-state index contributed by atoms with van der Waals surface area (Å²) in [6.45, 7) is 4.19. The van der Waals surface area contributed by atoms with Gasteiger partial charge in [0, 0.05) is 4.47 Å². The van der Waals surface area contributed by atoms with Crippen LogP contribution >= 0.6 is 15.9 Å². The van der Waals surface area contributed by atoms with Crippen LogP contribution in [0.15, 0.2) is 27.6 Å². The van der Waals surface area contributed by atoms with E-state index in [1.54, 1.807) is 13.0 Å². The maximum absolute atomic E-state index is 11.7. The van der Waals surface area contributed by atoms with E-state index < -0.39 is 9.84 Å². The van der Waals surface area contributed by atoms with Crippen LogP contribution in [0.5, 0.6) is 0 Å². The molecule has 0 aliphatic heterocycles. The van der Waals surface area contributed by atoms with Crippen molar-refractivity contribution in [2.45, 2.75) is 24.7 Å². The van der Waals surface area contributed by atoms with E-state index in [4.69, 9.17) is 5.73 Å². The first-order valence-electron chi connectivity index (χ1n) is 5.14. The molecule has 0 aliphatic rings. The number of hydrogen-bond acceptors (Lipinski definition) is 3. The first-order chi connectivity index (χ1) is 7.42. The topological polar surface area (TPSA) is 60.2 Å². The minimum atomic E-state index is -3.16. The van der Waals surface area contributed by atoms with Crippen molar-refractivity contribution in [3.05, 3.63) is 28.2 Å². The lowest BCUT2D eigenvalue weighted by Crippen LogP contribution is -2.10. The van der Waals surface area contributed by atoms with Gasteiger partial charge >= 0.3 is 0 Å². The molecule has 1 aromatic carbocycles. The fourth-order valence-corrected chi connectivity index (χ4v) is 3.45. The molecule has 1 rings (SSSR count). The largest absolute Gasteiger partial charge is 0.330 e. The van der Waals surface area contributed by atoms with E-state index in [0.29, 0.717) is 15.9 Å². The lowest BCUT2D eigenvalue weighted by molar-refractivity contribution is 0.596. The summed E-state index contributed by atoms with van der Waals surface area (Å²) in [6.07, 6.45) is 0.